The van der Waals surface area contributed by atoms with Gasteiger partial charge in [0.15, 0.2) is 5.69 Å². The monoisotopic (exact) mass is 325 g/mol. The summed E-state index contributed by atoms with van der Waals surface area (Å²) >= 11 is 0. The third-order valence-corrected chi connectivity index (χ3v) is 4.08. The van der Waals surface area contributed by atoms with Crippen molar-refractivity contribution in [1.82, 2.24) is 10.3 Å². The molecule has 1 fully saturated rings. The van der Waals surface area contributed by atoms with Gasteiger partial charge in [-0.3, -0.25) is 0 Å². The number of para-hydroxylation sites is 1. The van der Waals surface area contributed by atoms with Gasteiger partial charge in [0.05, 0.1) is 11.9 Å². The highest BCUT2D eigenvalue weighted by molar-refractivity contribution is 6.05. The summed E-state index contributed by atoms with van der Waals surface area (Å²) in [5.74, 6) is 1.37. The number of nitrogens with zero attached hydrogens (tertiary/aromatic N) is 3. The molecule has 4 rings (SSSR count). The highest BCUT2D eigenvalue weighted by Gasteiger charge is 2.18. The van der Waals surface area contributed by atoms with E-state index in [0.717, 1.165) is 43.4 Å². The molecule has 0 bridgehead atoms. The number of rotatable bonds is 2. The Kier molecular flexibility index (Phi) is 3.99. The van der Waals surface area contributed by atoms with Gasteiger partial charge in [-0.15, -0.1) is 0 Å². The first-order valence-electron chi connectivity index (χ1n) is 7.97. The van der Waals surface area contributed by atoms with Crippen molar-refractivity contribution in [3.05, 3.63) is 47.8 Å². The average molecular weight is 325 g/mol. The minimum atomic E-state index is -0.253. The number of fused-ring (bicyclic) bond motifs is 1. The maximum atomic E-state index is 12.1. The highest BCUT2D eigenvalue weighted by atomic mass is 16.5. The standard InChI is InChI=1S/C16H19N7O/c24-23-14-4-2-1-3-13(14)20-16(21-23)19-12-5-6-15(18-11-12)22-9-7-17-8-10-22/h1-6,11,17,23H,7-10H2,(H2,19,20,21). The molecule has 3 heterocycles. The molecular formula is C16H19N7O. The molecule has 4 N–H and O–H groups in total. The van der Waals surface area contributed by atoms with Gasteiger partial charge in [-0.1, -0.05) is 12.1 Å². The van der Waals surface area contributed by atoms with Crippen molar-refractivity contribution in [3.63, 3.8) is 0 Å². The minimum Gasteiger partial charge on any atom is -0.601 e. The van der Waals surface area contributed by atoms with E-state index in [1.807, 2.05) is 30.3 Å². The van der Waals surface area contributed by atoms with Crippen molar-refractivity contribution in [3.8, 4) is 0 Å². The summed E-state index contributed by atoms with van der Waals surface area (Å²) in [6.07, 6.45) is 1.76. The number of quaternary nitrogens is 1. The van der Waals surface area contributed by atoms with Crippen LogP contribution in [0.15, 0.2) is 47.7 Å². The predicted molar refractivity (Wildman–Crippen MR) is 94.4 cm³/mol. The molecule has 8 nitrogen and oxygen atoms in total. The molecule has 0 spiro atoms. The Balaban J connectivity index is 1.46. The van der Waals surface area contributed by atoms with Crippen LogP contribution in [0, 0.1) is 5.21 Å². The largest absolute Gasteiger partial charge is 0.601 e. The van der Waals surface area contributed by atoms with Gasteiger partial charge in [0, 0.05) is 32.2 Å². The van der Waals surface area contributed by atoms with E-state index in [4.69, 9.17) is 0 Å². The smallest absolute Gasteiger partial charge is 0.260 e. The van der Waals surface area contributed by atoms with E-state index in [-0.39, 0.29) is 5.17 Å². The maximum Gasteiger partial charge on any atom is 0.260 e. The Labute approximate surface area is 139 Å². The van der Waals surface area contributed by atoms with Crippen LogP contribution in [0.3, 0.4) is 0 Å². The Bertz CT molecular complexity index is 740. The number of nitrogens with one attached hydrogen (secondary N) is 4. The molecule has 1 aromatic heterocycles. The molecule has 2 aliphatic heterocycles. The summed E-state index contributed by atoms with van der Waals surface area (Å²) in [6.45, 7) is 3.87. The van der Waals surface area contributed by atoms with Crippen LogP contribution in [0.1, 0.15) is 0 Å². The summed E-state index contributed by atoms with van der Waals surface area (Å²) in [6, 6.07) is 11.2. The van der Waals surface area contributed by atoms with Gasteiger partial charge in [-0.25, -0.2) is 10.2 Å². The minimum absolute atomic E-state index is 0.253. The number of hydrogen-bond acceptors (Lipinski definition) is 7. The lowest BCUT2D eigenvalue weighted by molar-refractivity contribution is -0.783. The van der Waals surface area contributed by atoms with Crippen LogP contribution >= 0.6 is 0 Å². The van der Waals surface area contributed by atoms with Crippen LogP contribution in [0.2, 0.25) is 0 Å². The fraction of sp³-hybridized carbons (Fsp3) is 0.250. The third kappa shape index (κ3) is 3.02. The van der Waals surface area contributed by atoms with Gasteiger partial charge in [0.1, 0.15) is 11.5 Å². The maximum absolute atomic E-state index is 12.1. The SMILES string of the molecule is [O-][NH+]1N=C(Nc2ccc(N3CCNCC3)nc2)Nc2ccccc21. The summed E-state index contributed by atoms with van der Waals surface area (Å²) in [5.41, 5.74) is 2.12. The number of pyridine rings is 1. The van der Waals surface area contributed by atoms with Crippen molar-refractivity contribution in [1.29, 1.82) is 0 Å². The van der Waals surface area contributed by atoms with Crippen LogP contribution in [-0.4, -0.2) is 37.1 Å². The normalized spacial score (nSPS) is 20.0. The third-order valence-electron chi connectivity index (χ3n) is 4.08. The lowest BCUT2D eigenvalue weighted by Crippen LogP contribution is -2.98. The van der Waals surface area contributed by atoms with Crippen LogP contribution in [-0.2, 0) is 0 Å². The topological polar surface area (TPSA) is 92.1 Å². The molecule has 0 saturated carbocycles. The van der Waals surface area contributed by atoms with E-state index < -0.39 is 0 Å². The molecule has 2 aromatic rings. The van der Waals surface area contributed by atoms with E-state index >= 15 is 0 Å². The fourth-order valence-electron chi connectivity index (χ4n) is 2.83. The summed E-state index contributed by atoms with van der Waals surface area (Å²) in [7, 11) is 0. The molecule has 1 atom stereocenters. The van der Waals surface area contributed by atoms with Crippen LogP contribution in [0.4, 0.5) is 22.9 Å². The van der Waals surface area contributed by atoms with Gasteiger partial charge in [0.25, 0.3) is 5.96 Å². The molecule has 24 heavy (non-hydrogen) atoms. The molecule has 0 amide bonds. The molecule has 124 valence electrons. The fourth-order valence-corrected chi connectivity index (χ4v) is 2.83. The van der Waals surface area contributed by atoms with Gasteiger partial charge in [0.2, 0.25) is 0 Å². The lowest BCUT2D eigenvalue weighted by Gasteiger charge is -2.28. The second-order valence-corrected chi connectivity index (χ2v) is 5.70. The number of guanidine groups is 1. The van der Waals surface area contributed by atoms with Crippen molar-refractivity contribution < 1.29 is 5.17 Å². The first kappa shape index (κ1) is 14.9. The zero-order valence-corrected chi connectivity index (χ0v) is 13.1. The van der Waals surface area contributed by atoms with E-state index in [2.05, 4.69) is 30.9 Å². The van der Waals surface area contributed by atoms with Gasteiger partial charge in [-0.2, -0.15) is 0 Å². The number of anilines is 3. The molecule has 1 aromatic carbocycles. The zero-order chi connectivity index (χ0) is 16.4. The number of aromatic nitrogens is 1. The number of piperazine rings is 1. The van der Waals surface area contributed by atoms with Gasteiger partial charge in [-0.05, 0) is 23.3 Å². The zero-order valence-electron chi connectivity index (χ0n) is 13.1. The van der Waals surface area contributed by atoms with E-state index in [0.29, 0.717) is 11.6 Å². The van der Waals surface area contributed by atoms with Crippen LogP contribution in [0.25, 0.3) is 0 Å². The Morgan fingerprint density at radius 1 is 1.12 bits per heavy atom. The van der Waals surface area contributed by atoms with Crippen molar-refractivity contribution in [2.75, 3.05) is 41.7 Å². The van der Waals surface area contributed by atoms with E-state index in [1.165, 1.54) is 0 Å². The molecular weight excluding hydrogens is 306 g/mol. The van der Waals surface area contributed by atoms with Gasteiger partial charge < -0.3 is 26.1 Å². The van der Waals surface area contributed by atoms with Crippen molar-refractivity contribution in [2.24, 2.45) is 5.10 Å². The van der Waals surface area contributed by atoms with Crippen molar-refractivity contribution in [2.45, 2.75) is 0 Å². The molecule has 8 heteroatoms. The van der Waals surface area contributed by atoms with Crippen LogP contribution < -0.4 is 26.0 Å². The van der Waals surface area contributed by atoms with E-state index in [9.17, 15) is 5.21 Å². The van der Waals surface area contributed by atoms with Gasteiger partial charge >= 0.3 is 0 Å². The first-order valence-corrected chi connectivity index (χ1v) is 7.97. The summed E-state index contributed by atoms with van der Waals surface area (Å²) in [4.78, 5) is 6.75. The Morgan fingerprint density at radius 2 is 1.96 bits per heavy atom. The summed E-state index contributed by atoms with van der Waals surface area (Å²) in [5, 5.41) is 25.4. The second-order valence-electron chi connectivity index (χ2n) is 5.70. The lowest BCUT2D eigenvalue weighted by atomic mass is 10.2. The molecule has 1 saturated heterocycles. The Hall–Kier alpha value is -2.68. The average Bonchev–Trinajstić information content (AvgIpc) is 2.63. The predicted octanol–water partition coefficient (Wildman–Crippen LogP) is 0.314. The first-order chi connectivity index (χ1) is 11.8. The molecule has 1 unspecified atom stereocenters. The number of hydrogen-bond donors (Lipinski definition) is 4. The molecule has 0 radical (unpaired) electrons. The molecule has 2 aliphatic rings. The highest BCUT2D eigenvalue weighted by Crippen LogP contribution is 2.20. The Morgan fingerprint density at radius 3 is 2.75 bits per heavy atom. The van der Waals surface area contributed by atoms with Crippen molar-refractivity contribution >= 4 is 28.8 Å². The van der Waals surface area contributed by atoms with Crippen LogP contribution in [0.5, 0.6) is 0 Å². The molecule has 0 aliphatic carbocycles. The number of benzene rings is 1. The second kappa shape index (κ2) is 6.44. The van der Waals surface area contributed by atoms with E-state index in [1.54, 1.807) is 12.3 Å². The summed E-state index contributed by atoms with van der Waals surface area (Å²) < 4.78 is 0. The quantitative estimate of drug-likeness (QED) is 0.594.